The monoisotopic (exact) mass is 393 g/mol. The van der Waals surface area contributed by atoms with E-state index in [1.165, 1.54) is 11.8 Å². The Morgan fingerprint density at radius 3 is 2.26 bits per heavy atom. The number of carbonyl (C=O) groups excluding carboxylic acids is 2. The van der Waals surface area contributed by atoms with E-state index < -0.39 is 45.8 Å². The molecular formula is C19H20FNO5S. The molecule has 0 aliphatic rings. The highest BCUT2D eigenvalue weighted by molar-refractivity contribution is 7.91. The highest BCUT2D eigenvalue weighted by Gasteiger charge is 2.24. The number of carbonyl (C=O) groups is 2. The Hall–Kier alpha value is -2.74. The van der Waals surface area contributed by atoms with Crippen molar-refractivity contribution < 1.29 is 27.1 Å². The van der Waals surface area contributed by atoms with Gasteiger partial charge in [0.25, 0.3) is 5.91 Å². The van der Waals surface area contributed by atoms with E-state index in [0.29, 0.717) is 5.69 Å². The van der Waals surface area contributed by atoms with E-state index in [2.05, 4.69) is 0 Å². The zero-order valence-electron chi connectivity index (χ0n) is 15.0. The predicted octanol–water partition coefficient (Wildman–Crippen LogP) is 2.58. The van der Waals surface area contributed by atoms with Crippen molar-refractivity contribution in [3.63, 3.8) is 0 Å². The number of para-hydroxylation sites is 1. The first-order chi connectivity index (χ1) is 12.7. The number of benzene rings is 2. The molecule has 1 atom stereocenters. The van der Waals surface area contributed by atoms with Crippen molar-refractivity contribution in [1.82, 2.24) is 0 Å². The Bertz CT molecular complexity index is 897. The molecule has 0 heterocycles. The number of anilines is 1. The Labute approximate surface area is 157 Å². The first-order valence-electron chi connectivity index (χ1n) is 8.21. The van der Waals surface area contributed by atoms with E-state index in [-0.39, 0.29) is 4.90 Å². The van der Waals surface area contributed by atoms with Crippen molar-refractivity contribution in [2.75, 3.05) is 17.7 Å². The molecule has 0 aliphatic carbocycles. The van der Waals surface area contributed by atoms with E-state index in [9.17, 15) is 22.4 Å². The molecule has 2 rings (SSSR count). The van der Waals surface area contributed by atoms with Gasteiger partial charge in [0.15, 0.2) is 15.9 Å². The number of likely N-dealkylation sites (N-methyl/N-ethyl adjacent to an activating group) is 1. The number of halogens is 1. The highest BCUT2D eigenvalue weighted by Crippen LogP contribution is 2.15. The second-order valence-electron chi connectivity index (χ2n) is 5.89. The zero-order chi connectivity index (χ0) is 20.0. The Kier molecular flexibility index (Phi) is 6.68. The number of hydrogen-bond acceptors (Lipinski definition) is 5. The average molecular weight is 393 g/mol. The van der Waals surface area contributed by atoms with Gasteiger partial charge in [0, 0.05) is 12.7 Å². The maximum Gasteiger partial charge on any atom is 0.307 e. The van der Waals surface area contributed by atoms with Crippen LogP contribution in [0.1, 0.15) is 13.3 Å². The maximum absolute atomic E-state index is 12.9. The standard InChI is InChI=1S/C19H20FNO5S/c1-14(19(23)21(2)16-6-4-3-5-7-16)26-18(22)12-13-27(24,25)17-10-8-15(20)9-11-17/h3-11,14H,12-13H2,1-2H3/t14-/m0/s1. The SMILES string of the molecule is C[C@H](OC(=O)CCS(=O)(=O)c1ccc(F)cc1)C(=O)N(C)c1ccccc1. The van der Waals surface area contributed by atoms with Crippen molar-refractivity contribution in [3.05, 3.63) is 60.4 Å². The van der Waals surface area contributed by atoms with Gasteiger partial charge in [-0.05, 0) is 43.3 Å². The summed E-state index contributed by atoms with van der Waals surface area (Å²) in [5.41, 5.74) is 0.643. The number of hydrogen-bond donors (Lipinski definition) is 0. The van der Waals surface area contributed by atoms with Crippen LogP contribution in [-0.4, -0.2) is 39.2 Å². The van der Waals surface area contributed by atoms with Crippen molar-refractivity contribution in [3.8, 4) is 0 Å². The van der Waals surface area contributed by atoms with Crippen LogP contribution in [0.25, 0.3) is 0 Å². The summed E-state index contributed by atoms with van der Waals surface area (Å²) in [4.78, 5) is 25.5. The molecule has 0 saturated heterocycles. The molecule has 1 amide bonds. The van der Waals surface area contributed by atoms with Crippen molar-refractivity contribution >= 4 is 27.4 Å². The first kappa shape index (κ1) is 20.6. The lowest BCUT2D eigenvalue weighted by molar-refractivity contribution is -0.153. The second kappa shape index (κ2) is 8.77. The van der Waals surface area contributed by atoms with Crippen LogP contribution in [0.5, 0.6) is 0 Å². The van der Waals surface area contributed by atoms with Crippen LogP contribution < -0.4 is 4.90 Å². The number of ether oxygens (including phenoxy) is 1. The van der Waals surface area contributed by atoms with E-state index in [1.54, 1.807) is 31.3 Å². The molecule has 2 aromatic rings. The van der Waals surface area contributed by atoms with Crippen LogP contribution in [0.3, 0.4) is 0 Å². The molecule has 0 fully saturated rings. The topological polar surface area (TPSA) is 80.8 Å². The van der Waals surface area contributed by atoms with Gasteiger partial charge in [-0.2, -0.15) is 0 Å². The van der Waals surface area contributed by atoms with Crippen molar-refractivity contribution in [1.29, 1.82) is 0 Å². The maximum atomic E-state index is 12.9. The molecule has 27 heavy (non-hydrogen) atoms. The molecule has 144 valence electrons. The minimum absolute atomic E-state index is 0.0790. The summed E-state index contributed by atoms with van der Waals surface area (Å²) in [5, 5.41) is 0. The lowest BCUT2D eigenvalue weighted by Crippen LogP contribution is -2.37. The minimum atomic E-state index is -3.75. The summed E-state index contributed by atoms with van der Waals surface area (Å²) in [5.74, 6) is -2.28. The summed E-state index contributed by atoms with van der Waals surface area (Å²) in [6.45, 7) is 1.42. The molecule has 8 heteroatoms. The first-order valence-corrected chi connectivity index (χ1v) is 9.86. The molecule has 0 spiro atoms. The quantitative estimate of drug-likeness (QED) is 0.534. The molecule has 0 saturated carbocycles. The lowest BCUT2D eigenvalue weighted by Gasteiger charge is -2.21. The molecular weight excluding hydrogens is 373 g/mol. The van der Waals surface area contributed by atoms with Crippen LogP contribution in [0, 0.1) is 5.82 Å². The van der Waals surface area contributed by atoms with Crippen molar-refractivity contribution in [2.24, 2.45) is 0 Å². The minimum Gasteiger partial charge on any atom is -0.452 e. The summed E-state index contributed by atoms with van der Waals surface area (Å²) in [7, 11) is -2.19. The van der Waals surface area contributed by atoms with E-state index in [4.69, 9.17) is 4.74 Å². The van der Waals surface area contributed by atoms with E-state index in [1.807, 2.05) is 6.07 Å². The summed E-state index contributed by atoms with van der Waals surface area (Å²) in [6, 6.07) is 13.2. The Balaban J connectivity index is 1.91. The smallest absolute Gasteiger partial charge is 0.307 e. The molecule has 0 N–H and O–H groups in total. The summed E-state index contributed by atoms with van der Waals surface area (Å²) in [6.07, 6.45) is -1.47. The van der Waals surface area contributed by atoms with Crippen LogP contribution in [0.2, 0.25) is 0 Å². The van der Waals surface area contributed by atoms with Crippen LogP contribution in [0.4, 0.5) is 10.1 Å². The fourth-order valence-corrected chi connectivity index (χ4v) is 3.56. The number of sulfone groups is 1. The van der Waals surface area contributed by atoms with Crippen LogP contribution in [-0.2, 0) is 24.2 Å². The third kappa shape index (κ3) is 5.62. The zero-order valence-corrected chi connectivity index (χ0v) is 15.8. The molecule has 0 unspecified atom stereocenters. The van der Waals surface area contributed by atoms with Gasteiger partial charge in [-0.1, -0.05) is 18.2 Å². The average Bonchev–Trinajstić information content (AvgIpc) is 2.66. The Morgan fingerprint density at radius 2 is 1.67 bits per heavy atom. The molecule has 6 nitrogen and oxygen atoms in total. The second-order valence-corrected chi connectivity index (χ2v) is 8.00. The Morgan fingerprint density at radius 1 is 1.07 bits per heavy atom. The van der Waals surface area contributed by atoms with Gasteiger partial charge in [-0.25, -0.2) is 12.8 Å². The molecule has 2 aromatic carbocycles. The number of amides is 1. The third-order valence-electron chi connectivity index (χ3n) is 3.88. The van der Waals surface area contributed by atoms with Gasteiger partial charge < -0.3 is 9.64 Å². The van der Waals surface area contributed by atoms with Crippen LogP contribution >= 0.6 is 0 Å². The van der Waals surface area contributed by atoms with Gasteiger partial charge in [0.1, 0.15) is 5.82 Å². The van der Waals surface area contributed by atoms with Crippen LogP contribution in [0.15, 0.2) is 59.5 Å². The normalized spacial score (nSPS) is 12.3. The number of nitrogens with zero attached hydrogens (tertiary/aromatic N) is 1. The number of esters is 1. The lowest BCUT2D eigenvalue weighted by atomic mass is 10.2. The highest BCUT2D eigenvalue weighted by atomic mass is 32.2. The van der Waals surface area contributed by atoms with Gasteiger partial charge in [-0.3, -0.25) is 9.59 Å². The van der Waals surface area contributed by atoms with E-state index in [0.717, 1.165) is 24.3 Å². The molecule has 0 aromatic heterocycles. The fourth-order valence-electron chi connectivity index (χ4n) is 2.34. The van der Waals surface area contributed by atoms with Gasteiger partial charge >= 0.3 is 5.97 Å². The van der Waals surface area contributed by atoms with Gasteiger partial charge in [0.2, 0.25) is 0 Å². The molecule has 0 bridgehead atoms. The predicted molar refractivity (Wildman–Crippen MR) is 98.5 cm³/mol. The van der Waals surface area contributed by atoms with E-state index >= 15 is 0 Å². The number of rotatable bonds is 7. The van der Waals surface area contributed by atoms with Gasteiger partial charge in [-0.15, -0.1) is 0 Å². The largest absolute Gasteiger partial charge is 0.452 e. The third-order valence-corrected chi connectivity index (χ3v) is 5.61. The van der Waals surface area contributed by atoms with Crippen molar-refractivity contribution in [2.45, 2.75) is 24.3 Å². The molecule has 0 aliphatic heterocycles. The molecule has 0 radical (unpaired) electrons. The van der Waals surface area contributed by atoms with Gasteiger partial charge in [0.05, 0.1) is 17.1 Å². The fraction of sp³-hybridized carbons (Fsp3) is 0.263. The summed E-state index contributed by atoms with van der Waals surface area (Å²) < 4.78 is 42.3. The summed E-state index contributed by atoms with van der Waals surface area (Å²) >= 11 is 0.